The van der Waals surface area contributed by atoms with E-state index in [0.717, 1.165) is 51.9 Å². The second-order valence-electron chi connectivity index (χ2n) is 13.1. The molecule has 37 heavy (non-hydrogen) atoms. The van der Waals surface area contributed by atoms with E-state index in [4.69, 9.17) is 9.47 Å². The molecule has 0 spiro atoms. The van der Waals surface area contributed by atoms with Crippen molar-refractivity contribution in [1.82, 2.24) is 0 Å². The van der Waals surface area contributed by atoms with Crippen LogP contribution in [0.5, 0.6) is 0 Å². The Bertz CT molecular complexity index is 922. The van der Waals surface area contributed by atoms with Gasteiger partial charge < -0.3 is 14.6 Å². The van der Waals surface area contributed by atoms with Crippen LogP contribution in [0.1, 0.15) is 92.9 Å². The fourth-order valence-electron chi connectivity index (χ4n) is 9.58. The number of fused-ring (bicyclic) bond motifs is 5. The zero-order valence-corrected chi connectivity index (χ0v) is 23.1. The standard InChI is InChI=1S/C29H44F2O6/c1-15(26(35)29(30,31)16(2)32)21-7-8-22-20-14-25(37-18(4)34)24-13-19(36-17(3)33)9-11-28(24,6)23(20)10-12-27(21,22)5/h15,19-26,35H,7-14H2,1-6H3/t15-,19+,20-,21+,22-,23-,24-,25-,26+,27+,28+/m0/s1. The highest BCUT2D eigenvalue weighted by Crippen LogP contribution is 2.69. The zero-order chi connectivity index (χ0) is 27.5. The molecular formula is C29H44F2O6. The number of hydrogen-bond acceptors (Lipinski definition) is 6. The van der Waals surface area contributed by atoms with Gasteiger partial charge in [0.2, 0.25) is 5.78 Å². The molecule has 0 aliphatic heterocycles. The first-order chi connectivity index (χ1) is 17.1. The number of carbonyl (C=O) groups excluding carboxylic acids is 3. The molecule has 0 radical (unpaired) electrons. The van der Waals surface area contributed by atoms with Crippen LogP contribution in [0.2, 0.25) is 0 Å². The Morgan fingerprint density at radius 3 is 2.05 bits per heavy atom. The topological polar surface area (TPSA) is 89.9 Å². The second-order valence-corrected chi connectivity index (χ2v) is 13.1. The molecule has 0 aromatic heterocycles. The van der Waals surface area contributed by atoms with E-state index in [0.29, 0.717) is 12.3 Å². The van der Waals surface area contributed by atoms with E-state index in [1.165, 1.54) is 13.8 Å². The van der Waals surface area contributed by atoms with Crippen LogP contribution in [0.3, 0.4) is 0 Å². The molecule has 0 unspecified atom stereocenters. The molecule has 4 aliphatic carbocycles. The van der Waals surface area contributed by atoms with Crippen LogP contribution in [0, 0.1) is 46.3 Å². The summed E-state index contributed by atoms with van der Waals surface area (Å²) in [4.78, 5) is 35.3. The predicted molar refractivity (Wildman–Crippen MR) is 133 cm³/mol. The van der Waals surface area contributed by atoms with E-state index in [1.807, 2.05) is 0 Å². The highest BCUT2D eigenvalue weighted by molar-refractivity contribution is 5.83. The zero-order valence-electron chi connectivity index (χ0n) is 23.1. The average molecular weight is 527 g/mol. The molecule has 0 aromatic carbocycles. The van der Waals surface area contributed by atoms with Crippen molar-refractivity contribution in [2.45, 2.75) is 117 Å². The van der Waals surface area contributed by atoms with E-state index < -0.39 is 23.7 Å². The van der Waals surface area contributed by atoms with Crippen molar-refractivity contribution in [2.24, 2.45) is 46.3 Å². The summed E-state index contributed by atoms with van der Waals surface area (Å²) in [7, 11) is 0. The number of halogens is 2. The monoisotopic (exact) mass is 526 g/mol. The Labute approximate surface area is 219 Å². The lowest BCUT2D eigenvalue weighted by Gasteiger charge is -2.62. The van der Waals surface area contributed by atoms with Gasteiger partial charge in [0.05, 0.1) is 0 Å². The minimum Gasteiger partial charge on any atom is -0.463 e. The maximum Gasteiger partial charge on any atom is 0.330 e. The number of alkyl halides is 2. The van der Waals surface area contributed by atoms with E-state index >= 15 is 0 Å². The van der Waals surface area contributed by atoms with Crippen LogP contribution in [0.25, 0.3) is 0 Å². The maximum absolute atomic E-state index is 14.5. The van der Waals surface area contributed by atoms with E-state index in [-0.39, 0.29) is 58.6 Å². The molecule has 6 nitrogen and oxygen atoms in total. The minimum absolute atomic E-state index is 0.0636. The molecule has 8 heteroatoms. The molecule has 0 bridgehead atoms. The lowest BCUT2D eigenvalue weighted by molar-refractivity contribution is -0.199. The molecule has 0 saturated heterocycles. The molecule has 1 N–H and O–H groups in total. The number of aliphatic hydroxyl groups excluding tert-OH is 1. The average Bonchev–Trinajstić information content (AvgIpc) is 3.15. The lowest BCUT2D eigenvalue weighted by Crippen LogP contribution is -2.59. The largest absolute Gasteiger partial charge is 0.463 e. The number of hydrogen-bond donors (Lipinski definition) is 1. The Balaban J connectivity index is 1.61. The van der Waals surface area contributed by atoms with Crippen molar-refractivity contribution in [3.8, 4) is 0 Å². The Morgan fingerprint density at radius 2 is 1.46 bits per heavy atom. The Morgan fingerprint density at radius 1 is 0.865 bits per heavy atom. The molecule has 4 saturated carbocycles. The maximum atomic E-state index is 14.5. The Kier molecular flexibility index (Phi) is 7.59. The number of esters is 2. The SMILES string of the molecule is CC(=O)O[C@@H]1CC[C@]2(C)[C@H]3CC[C@]4(C)[C@@H]([C@H](C)[C@@H](O)C(F)(F)C(C)=O)CC[C@H]4[C@@H]3C[C@H](OC(C)=O)[C@@H]2C1. The van der Waals surface area contributed by atoms with Crippen LogP contribution in [-0.4, -0.2) is 47.1 Å². The van der Waals surface area contributed by atoms with Crippen LogP contribution >= 0.6 is 0 Å². The molecule has 210 valence electrons. The summed E-state index contributed by atoms with van der Waals surface area (Å²) in [5.41, 5.74) is -0.292. The van der Waals surface area contributed by atoms with Crippen molar-refractivity contribution in [3.63, 3.8) is 0 Å². The normalized spacial score (nSPS) is 43.0. The molecule has 4 fully saturated rings. The van der Waals surface area contributed by atoms with Gasteiger partial charge in [-0.05, 0) is 91.8 Å². The smallest absolute Gasteiger partial charge is 0.330 e. The number of aliphatic hydroxyl groups is 1. The summed E-state index contributed by atoms with van der Waals surface area (Å²) in [5, 5.41) is 10.6. The van der Waals surface area contributed by atoms with Crippen LogP contribution in [-0.2, 0) is 23.9 Å². The fourth-order valence-corrected chi connectivity index (χ4v) is 9.58. The van der Waals surface area contributed by atoms with Crippen LogP contribution in [0.4, 0.5) is 8.78 Å². The van der Waals surface area contributed by atoms with Crippen molar-refractivity contribution in [3.05, 3.63) is 0 Å². The van der Waals surface area contributed by atoms with Gasteiger partial charge in [-0.15, -0.1) is 0 Å². The molecule has 11 atom stereocenters. The first-order valence-corrected chi connectivity index (χ1v) is 14.0. The van der Waals surface area contributed by atoms with Crippen LogP contribution in [0.15, 0.2) is 0 Å². The molecule has 4 aliphatic rings. The fraction of sp³-hybridized carbons (Fsp3) is 0.897. The molecule has 0 amide bonds. The summed E-state index contributed by atoms with van der Waals surface area (Å²) in [6.45, 7) is 9.87. The molecular weight excluding hydrogens is 482 g/mol. The molecule has 4 rings (SSSR count). The van der Waals surface area contributed by atoms with Gasteiger partial charge in [0.15, 0.2) is 0 Å². The molecule has 0 heterocycles. The third kappa shape index (κ3) is 4.74. The van der Waals surface area contributed by atoms with Gasteiger partial charge in [-0.3, -0.25) is 14.4 Å². The first kappa shape index (κ1) is 28.4. The number of carbonyl (C=O) groups is 3. The number of ether oxygens (including phenoxy) is 2. The quantitative estimate of drug-likeness (QED) is 0.470. The van der Waals surface area contributed by atoms with Gasteiger partial charge in [0, 0.05) is 26.7 Å². The van der Waals surface area contributed by atoms with Crippen LogP contribution < -0.4 is 0 Å². The van der Waals surface area contributed by atoms with Gasteiger partial charge in [0.25, 0.3) is 0 Å². The van der Waals surface area contributed by atoms with Gasteiger partial charge in [-0.1, -0.05) is 20.8 Å². The van der Waals surface area contributed by atoms with Crippen molar-refractivity contribution in [2.75, 3.05) is 0 Å². The van der Waals surface area contributed by atoms with Gasteiger partial charge in [0.1, 0.15) is 18.3 Å². The molecule has 0 aromatic rings. The summed E-state index contributed by atoms with van der Waals surface area (Å²) in [5.74, 6) is -5.39. The number of Topliss-reactive ketones (excluding diaryl/α,β-unsaturated/α-hetero) is 1. The van der Waals surface area contributed by atoms with E-state index in [1.54, 1.807) is 6.92 Å². The van der Waals surface area contributed by atoms with Gasteiger partial charge in [-0.25, -0.2) is 0 Å². The number of rotatable bonds is 6. The van der Waals surface area contributed by atoms with E-state index in [9.17, 15) is 28.3 Å². The summed E-state index contributed by atoms with van der Waals surface area (Å²) in [6.07, 6.45) is 4.13. The lowest BCUT2D eigenvalue weighted by atomic mass is 9.43. The number of ketones is 1. The van der Waals surface area contributed by atoms with E-state index in [2.05, 4.69) is 13.8 Å². The van der Waals surface area contributed by atoms with Crippen molar-refractivity contribution in [1.29, 1.82) is 0 Å². The first-order valence-electron chi connectivity index (χ1n) is 14.0. The minimum atomic E-state index is -3.75. The highest BCUT2D eigenvalue weighted by Gasteiger charge is 2.64. The van der Waals surface area contributed by atoms with Gasteiger partial charge in [-0.2, -0.15) is 8.78 Å². The Hall–Kier alpha value is -1.57. The predicted octanol–water partition coefficient (Wildman–Crippen LogP) is 5.34. The van der Waals surface area contributed by atoms with Crippen molar-refractivity contribution >= 4 is 17.7 Å². The van der Waals surface area contributed by atoms with Crippen molar-refractivity contribution < 1.29 is 37.7 Å². The van der Waals surface area contributed by atoms with Gasteiger partial charge >= 0.3 is 17.9 Å². The summed E-state index contributed by atoms with van der Waals surface area (Å²) >= 11 is 0. The summed E-state index contributed by atoms with van der Waals surface area (Å²) in [6, 6.07) is 0. The highest BCUT2D eigenvalue weighted by atomic mass is 19.3. The third-order valence-corrected chi connectivity index (χ3v) is 11.3. The second kappa shape index (κ2) is 9.87. The third-order valence-electron chi connectivity index (χ3n) is 11.3. The summed E-state index contributed by atoms with van der Waals surface area (Å²) < 4.78 is 40.5.